The maximum atomic E-state index is 5.29. The van der Waals surface area contributed by atoms with Gasteiger partial charge in [-0.1, -0.05) is 22.0 Å². The molecule has 17 heavy (non-hydrogen) atoms. The number of aromatic nitrogens is 2. The van der Waals surface area contributed by atoms with E-state index in [4.69, 9.17) is 5.84 Å². The third kappa shape index (κ3) is 2.72. The maximum absolute atomic E-state index is 5.29. The molecule has 2 aromatic rings. The number of benzene rings is 1. The first-order valence-corrected chi connectivity index (χ1v) is 5.81. The standard InChI is InChI=1S/C11H12BrN5/c1-7-8(12)3-2-4-9(7)16-10-5-11(17-13)15-6-14-10/h2-6H,13H2,1H3,(H2,14,15,16,17). The number of rotatable bonds is 3. The van der Waals surface area contributed by atoms with Gasteiger partial charge in [0.15, 0.2) is 0 Å². The van der Waals surface area contributed by atoms with Crippen molar-refractivity contribution in [1.29, 1.82) is 0 Å². The van der Waals surface area contributed by atoms with Crippen LogP contribution in [0.5, 0.6) is 0 Å². The molecule has 0 atom stereocenters. The Morgan fingerprint density at radius 2 is 2.00 bits per heavy atom. The van der Waals surface area contributed by atoms with Crippen molar-refractivity contribution in [1.82, 2.24) is 9.97 Å². The lowest BCUT2D eigenvalue weighted by Crippen LogP contribution is -2.09. The van der Waals surface area contributed by atoms with Gasteiger partial charge in [0, 0.05) is 16.2 Å². The van der Waals surface area contributed by atoms with Crippen LogP contribution in [0.25, 0.3) is 0 Å². The first kappa shape index (κ1) is 11.8. The molecule has 0 unspecified atom stereocenters. The van der Waals surface area contributed by atoms with E-state index in [1.54, 1.807) is 6.07 Å². The molecule has 0 aliphatic rings. The molecule has 6 heteroatoms. The SMILES string of the molecule is Cc1c(Br)cccc1Nc1cc(NN)ncn1. The first-order valence-electron chi connectivity index (χ1n) is 5.01. The van der Waals surface area contributed by atoms with E-state index >= 15 is 0 Å². The van der Waals surface area contributed by atoms with Crippen molar-refractivity contribution in [3.63, 3.8) is 0 Å². The molecule has 1 aromatic carbocycles. The monoisotopic (exact) mass is 293 g/mol. The van der Waals surface area contributed by atoms with Gasteiger partial charge in [0.1, 0.15) is 18.0 Å². The van der Waals surface area contributed by atoms with Crippen LogP contribution in [-0.2, 0) is 0 Å². The van der Waals surface area contributed by atoms with E-state index in [0.29, 0.717) is 11.6 Å². The number of nitrogens with two attached hydrogens (primary N) is 1. The van der Waals surface area contributed by atoms with Crippen molar-refractivity contribution in [3.8, 4) is 0 Å². The summed E-state index contributed by atoms with van der Waals surface area (Å²) < 4.78 is 1.05. The van der Waals surface area contributed by atoms with Crippen LogP contribution in [-0.4, -0.2) is 9.97 Å². The minimum absolute atomic E-state index is 0.565. The van der Waals surface area contributed by atoms with E-state index in [9.17, 15) is 0 Å². The van der Waals surface area contributed by atoms with Crippen molar-refractivity contribution in [2.75, 3.05) is 10.7 Å². The molecule has 0 bridgehead atoms. The Morgan fingerprint density at radius 1 is 1.24 bits per heavy atom. The fourth-order valence-corrected chi connectivity index (χ4v) is 1.75. The second kappa shape index (κ2) is 5.11. The minimum Gasteiger partial charge on any atom is -0.340 e. The van der Waals surface area contributed by atoms with Gasteiger partial charge in [-0.3, -0.25) is 0 Å². The average molecular weight is 294 g/mol. The number of hydrogen-bond donors (Lipinski definition) is 3. The van der Waals surface area contributed by atoms with E-state index < -0.39 is 0 Å². The molecule has 0 saturated heterocycles. The lowest BCUT2D eigenvalue weighted by atomic mass is 10.2. The van der Waals surface area contributed by atoms with Gasteiger partial charge >= 0.3 is 0 Å². The third-order valence-electron chi connectivity index (χ3n) is 2.35. The molecule has 1 heterocycles. The number of nitrogen functional groups attached to an aromatic ring is 1. The fourth-order valence-electron chi connectivity index (χ4n) is 1.39. The summed E-state index contributed by atoms with van der Waals surface area (Å²) in [5.74, 6) is 6.54. The van der Waals surface area contributed by atoms with E-state index in [2.05, 4.69) is 36.6 Å². The molecule has 2 rings (SSSR count). The van der Waals surface area contributed by atoms with Crippen molar-refractivity contribution in [2.45, 2.75) is 6.92 Å². The average Bonchev–Trinajstić information content (AvgIpc) is 2.35. The second-order valence-corrected chi connectivity index (χ2v) is 4.32. The van der Waals surface area contributed by atoms with Crippen LogP contribution in [0.3, 0.4) is 0 Å². The number of hydrazine groups is 1. The number of halogens is 1. The van der Waals surface area contributed by atoms with Gasteiger partial charge in [0.2, 0.25) is 0 Å². The molecular weight excluding hydrogens is 282 g/mol. The lowest BCUT2D eigenvalue weighted by Gasteiger charge is -2.10. The van der Waals surface area contributed by atoms with Gasteiger partial charge in [-0.15, -0.1) is 0 Å². The van der Waals surface area contributed by atoms with Crippen molar-refractivity contribution in [2.24, 2.45) is 5.84 Å². The molecule has 1 aromatic heterocycles. The van der Waals surface area contributed by atoms with Crippen molar-refractivity contribution >= 4 is 33.3 Å². The largest absolute Gasteiger partial charge is 0.340 e. The van der Waals surface area contributed by atoms with E-state index in [-0.39, 0.29) is 0 Å². The topological polar surface area (TPSA) is 75.9 Å². The Morgan fingerprint density at radius 3 is 2.76 bits per heavy atom. The summed E-state index contributed by atoms with van der Waals surface area (Å²) >= 11 is 3.48. The normalized spacial score (nSPS) is 10.1. The number of nitrogens with zero attached hydrogens (tertiary/aromatic N) is 2. The van der Waals surface area contributed by atoms with Crippen LogP contribution in [0.15, 0.2) is 35.1 Å². The highest BCUT2D eigenvalue weighted by atomic mass is 79.9. The summed E-state index contributed by atoms with van der Waals surface area (Å²) in [6.07, 6.45) is 1.45. The summed E-state index contributed by atoms with van der Waals surface area (Å²) in [6.45, 7) is 2.02. The predicted molar refractivity (Wildman–Crippen MR) is 72.0 cm³/mol. The summed E-state index contributed by atoms with van der Waals surface area (Å²) in [7, 11) is 0. The molecule has 0 saturated carbocycles. The van der Waals surface area contributed by atoms with Gasteiger partial charge in [-0.2, -0.15) is 0 Å². The molecule has 0 radical (unpaired) electrons. The molecule has 0 amide bonds. The fraction of sp³-hybridized carbons (Fsp3) is 0.0909. The Hall–Kier alpha value is -1.66. The smallest absolute Gasteiger partial charge is 0.145 e. The molecule has 88 valence electrons. The zero-order valence-electron chi connectivity index (χ0n) is 9.24. The summed E-state index contributed by atoms with van der Waals surface area (Å²) in [4.78, 5) is 8.06. The van der Waals surface area contributed by atoms with Crippen LogP contribution in [0.2, 0.25) is 0 Å². The van der Waals surface area contributed by atoms with Crippen LogP contribution in [0.1, 0.15) is 5.56 Å². The van der Waals surface area contributed by atoms with Gasteiger partial charge in [0.05, 0.1) is 0 Å². The van der Waals surface area contributed by atoms with E-state index in [0.717, 1.165) is 15.7 Å². The van der Waals surface area contributed by atoms with Gasteiger partial charge in [-0.25, -0.2) is 15.8 Å². The van der Waals surface area contributed by atoms with Crippen LogP contribution < -0.4 is 16.6 Å². The van der Waals surface area contributed by atoms with Gasteiger partial charge in [0.25, 0.3) is 0 Å². The molecule has 5 nitrogen and oxygen atoms in total. The highest BCUT2D eigenvalue weighted by Crippen LogP contribution is 2.25. The zero-order valence-corrected chi connectivity index (χ0v) is 10.8. The van der Waals surface area contributed by atoms with Crippen molar-refractivity contribution < 1.29 is 0 Å². The lowest BCUT2D eigenvalue weighted by molar-refractivity contribution is 1.14. The van der Waals surface area contributed by atoms with E-state index in [1.807, 2.05) is 25.1 Å². The van der Waals surface area contributed by atoms with E-state index in [1.165, 1.54) is 6.33 Å². The summed E-state index contributed by atoms with van der Waals surface area (Å²) in [5.41, 5.74) is 4.58. The maximum Gasteiger partial charge on any atom is 0.145 e. The predicted octanol–water partition coefficient (Wildman–Crippen LogP) is 2.58. The number of hydrogen-bond acceptors (Lipinski definition) is 5. The number of anilines is 3. The zero-order chi connectivity index (χ0) is 12.3. The highest BCUT2D eigenvalue weighted by molar-refractivity contribution is 9.10. The Bertz CT molecular complexity index is 529. The van der Waals surface area contributed by atoms with Gasteiger partial charge in [-0.05, 0) is 24.6 Å². The van der Waals surface area contributed by atoms with Crippen LogP contribution >= 0.6 is 15.9 Å². The minimum atomic E-state index is 0.565. The van der Waals surface area contributed by atoms with Crippen LogP contribution in [0.4, 0.5) is 17.3 Å². The van der Waals surface area contributed by atoms with Crippen LogP contribution in [0, 0.1) is 6.92 Å². The summed E-state index contributed by atoms with van der Waals surface area (Å²) in [6, 6.07) is 7.67. The third-order valence-corrected chi connectivity index (χ3v) is 3.20. The summed E-state index contributed by atoms with van der Waals surface area (Å²) in [5, 5.41) is 3.21. The van der Waals surface area contributed by atoms with Crippen molar-refractivity contribution in [3.05, 3.63) is 40.6 Å². The molecule has 4 N–H and O–H groups in total. The molecule has 0 aliphatic heterocycles. The Balaban J connectivity index is 2.28. The van der Waals surface area contributed by atoms with Gasteiger partial charge < -0.3 is 10.7 Å². The number of nitrogens with one attached hydrogen (secondary N) is 2. The molecule has 0 fully saturated rings. The Labute approximate surface area is 108 Å². The second-order valence-electron chi connectivity index (χ2n) is 3.47. The highest BCUT2D eigenvalue weighted by Gasteiger charge is 2.03. The molecule has 0 aliphatic carbocycles. The first-order chi connectivity index (χ1) is 8.20. The molecule has 0 spiro atoms. The Kier molecular flexibility index (Phi) is 3.55. The quantitative estimate of drug-likeness (QED) is 0.599. The molecular formula is C11H12BrN5.